The maximum atomic E-state index is 5.57. The summed E-state index contributed by atoms with van der Waals surface area (Å²) in [6.45, 7) is 6.76. The maximum absolute atomic E-state index is 5.57. The standard InChI is InChI=1S/C35H26N2/c1-34(2,3)30-20-23-16-17-36-32-26-18-21-10-4-5-11-22(21)19-29(26)35(33(37-30)31(23)32)27-14-8-6-12-24(27)25-13-7-9-15-28(25)35/h4-20H,1-3H3. The first kappa shape index (κ1) is 20.8. The second kappa shape index (κ2) is 6.92. The van der Waals surface area contributed by atoms with Crippen LogP contribution in [-0.4, -0.2) is 9.97 Å². The summed E-state index contributed by atoms with van der Waals surface area (Å²) in [7, 11) is 0. The average Bonchev–Trinajstić information content (AvgIpc) is 3.21. The van der Waals surface area contributed by atoms with Gasteiger partial charge in [0, 0.05) is 28.3 Å². The minimum atomic E-state index is -0.512. The fraction of sp³-hybridized carbons (Fsp3) is 0.143. The number of pyridine rings is 2. The third-order valence-electron chi connectivity index (χ3n) is 8.37. The van der Waals surface area contributed by atoms with Crippen molar-refractivity contribution in [1.82, 2.24) is 9.97 Å². The van der Waals surface area contributed by atoms with Gasteiger partial charge in [0.1, 0.15) is 0 Å². The van der Waals surface area contributed by atoms with Gasteiger partial charge in [0.15, 0.2) is 0 Å². The van der Waals surface area contributed by atoms with Crippen LogP contribution < -0.4 is 0 Å². The van der Waals surface area contributed by atoms with E-state index in [0.717, 1.165) is 17.1 Å². The molecule has 2 aromatic heterocycles. The minimum absolute atomic E-state index is 0.0867. The molecule has 0 saturated carbocycles. The first-order valence-electron chi connectivity index (χ1n) is 13.0. The molecule has 1 spiro atoms. The van der Waals surface area contributed by atoms with Crippen LogP contribution in [0.4, 0.5) is 0 Å². The number of hydrogen-bond acceptors (Lipinski definition) is 2. The first-order valence-corrected chi connectivity index (χ1v) is 13.0. The van der Waals surface area contributed by atoms with Crippen LogP contribution in [-0.2, 0) is 10.8 Å². The Morgan fingerprint density at radius 1 is 0.595 bits per heavy atom. The van der Waals surface area contributed by atoms with Crippen molar-refractivity contribution in [3.63, 3.8) is 0 Å². The average molecular weight is 475 g/mol. The molecule has 0 radical (unpaired) electrons. The van der Waals surface area contributed by atoms with E-state index in [9.17, 15) is 0 Å². The van der Waals surface area contributed by atoms with E-state index in [1.165, 1.54) is 54.9 Å². The van der Waals surface area contributed by atoms with Crippen LogP contribution in [0.15, 0.2) is 103 Å². The summed E-state index contributed by atoms with van der Waals surface area (Å²) in [6, 6.07) is 35.7. The Hall–Kier alpha value is -4.30. The van der Waals surface area contributed by atoms with Gasteiger partial charge in [0.2, 0.25) is 0 Å². The van der Waals surface area contributed by atoms with Gasteiger partial charge in [-0.1, -0.05) is 93.6 Å². The summed E-state index contributed by atoms with van der Waals surface area (Å²) in [6.07, 6.45) is 1.96. The molecule has 0 atom stereocenters. The van der Waals surface area contributed by atoms with Crippen LogP contribution in [0, 0.1) is 0 Å². The molecule has 4 aromatic carbocycles. The van der Waals surface area contributed by atoms with E-state index < -0.39 is 5.41 Å². The van der Waals surface area contributed by atoms with E-state index in [1.807, 2.05) is 6.20 Å². The highest BCUT2D eigenvalue weighted by Gasteiger charge is 2.51. The van der Waals surface area contributed by atoms with Gasteiger partial charge in [0.25, 0.3) is 0 Å². The lowest BCUT2D eigenvalue weighted by atomic mass is 9.63. The number of rotatable bonds is 0. The number of hydrogen-bond donors (Lipinski definition) is 0. The summed E-state index contributed by atoms with van der Waals surface area (Å²) in [5.74, 6) is 0. The third kappa shape index (κ3) is 2.55. The van der Waals surface area contributed by atoms with Crippen molar-refractivity contribution in [3.8, 4) is 22.4 Å². The predicted molar refractivity (Wildman–Crippen MR) is 152 cm³/mol. The second-order valence-electron chi connectivity index (χ2n) is 11.4. The lowest BCUT2D eigenvalue weighted by Gasteiger charge is -2.39. The third-order valence-corrected chi connectivity index (χ3v) is 8.37. The van der Waals surface area contributed by atoms with Gasteiger partial charge < -0.3 is 0 Å². The van der Waals surface area contributed by atoms with Gasteiger partial charge in [-0.15, -0.1) is 0 Å². The van der Waals surface area contributed by atoms with Crippen LogP contribution in [0.3, 0.4) is 0 Å². The lowest BCUT2D eigenvalue weighted by molar-refractivity contribution is 0.562. The Kier molecular flexibility index (Phi) is 3.90. The quantitative estimate of drug-likeness (QED) is 0.220. The SMILES string of the molecule is CC(C)(C)c1cc2ccnc3c2c(n1)C1(c2ccccc2-c2ccccc21)c1cc2ccccc2cc1-3. The number of fused-ring (bicyclic) bond motifs is 10. The van der Waals surface area contributed by atoms with Crippen molar-refractivity contribution >= 4 is 21.5 Å². The van der Waals surface area contributed by atoms with Gasteiger partial charge in [-0.05, 0) is 68.2 Å². The normalized spacial score (nSPS) is 14.6. The molecule has 0 unspecified atom stereocenters. The lowest BCUT2D eigenvalue weighted by Crippen LogP contribution is -2.34. The Bertz CT molecular complexity index is 1880. The van der Waals surface area contributed by atoms with E-state index >= 15 is 0 Å². The van der Waals surface area contributed by atoms with E-state index in [-0.39, 0.29) is 5.41 Å². The second-order valence-corrected chi connectivity index (χ2v) is 11.4. The zero-order chi connectivity index (χ0) is 24.9. The van der Waals surface area contributed by atoms with Gasteiger partial charge >= 0.3 is 0 Å². The zero-order valence-electron chi connectivity index (χ0n) is 21.2. The van der Waals surface area contributed by atoms with Crippen LogP contribution >= 0.6 is 0 Å². The summed E-state index contributed by atoms with van der Waals surface area (Å²) < 4.78 is 0. The molecule has 2 nitrogen and oxygen atoms in total. The van der Waals surface area contributed by atoms with E-state index in [4.69, 9.17) is 9.97 Å². The molecular weight excluding hydrogens is 448 g/mol. The number of benzene rings is 4. The summed E-state index contributed by atoms with van der Waals surface area (Å²) in [5.41, 5.74) is 10.3. The molecule has 2 aliphatic carbocycles. The number of aromatic nitrogens is 2. The molecule has 2 heterocycles. The Morgan fingerprint density at radius 3 is 1.89 bits per heavy atom. The Balaban J connectivity index is 1.67. The van der Waals surface area contributed by atoms with Crippen molar-refractivity contribution in [2.45, 2.75) is 31.6 Å². The monoisotopic (exact) mass is 474 g/mol. The van der Waals surface area contributed by atoms with Gasteiger partial charge in [0.05, 0.1) is 16.8 Å². The molecule has 0 bridgehead atoms. The van der Waals surface area contributed by atoms with Crippen molar-refractivity contribution in [1.29, 1.82) is 0 Å². The molecule has 2 heteroatoms. The molecule has 0 aliphatic heterocycles. The van der Waals surface area contributed by atoms with Gasteiger partial charge in [-0.25, -0.2) is 0 Å². The van der Waals surface area contributed by atoms with E-state index in [2.05, 4.69) is 118 Å². The highest BCUT2D eigenvalue weighted by Crippen LogP contribution is 2.61. The van der Waals surface area contributed by atoms with Crippen molar-refractivity contribution in [2.75, 3.05) is 0 Å². The fourth-order valence-corrected chi connectivity index (χ4v) is 6.72. The molecule has 2 aliphatic rings. The highest BCUT2D eigenvalue weighted by atomic mass is 14.8. The smallest absolute Gasteiger partial charge is 0.0899 e. The molecule has 176 valence electrons. The first-order chi connectivity index (χ1) is 18.0. The Morgan fingerprint density at radius 2 is 1.22 bits per heavy atom. The molecular formula is C35H26N2. The molecule has 0 N–H and O–H groups in total. The van der Waals surface area contributed by atoms with Gasteiger partial charge in [-0.3, -0.25) is 9.97 Å². The molecule has 6 aromatic rings. The van der Waals surface area contributed by atoms with Crippen LogP contribution in [0.25, 0.3) is 43.9 Å². The fourth-order valence-electron chi connectivity index (χ4n) is 6.72. The molecule has 37 heavy (non-hydrogen) atoms. The van der Waals surface area contributed by atoms with Crippen molar-refractivity contribution < 1.29 is 0 Å². The van der Waals surface area contributed by atoms with E-state index in [0.29, 0.717) is 0 Å². The Labute approximate surface area is 216 Å². The molecule has 0 saturated heterocycles. The summed E-state index contributed by atoms with van der Waals surface area (Å²) in [5, 5.41) is 4.85. The molecule has 0 fully saturated rings. The van der Waals surface area contributed by atoms with Crippen LogP contribution in [0.5, 0.6) is 0 Å². The van der Waals surface area contributed by atoms with E-state index in [1.54, 1.807) is 0 Å². The van der Waals surface area contributed by atoms with Gasteiger partial charge in [-0.2, -0.15) is 0 Å². The topological polar surface area (TPSA) is 25.8 Å². The largest absolute Gasteiger partial charge is 0.256 e. The summed E-state index contributed by atoms with van der Waals surface area (Å²) in [4.78, 5) is 10.6. The summed E-state index contributed by atoms with van der Waals surface area (Å²) >= 11 is 0. The molecule has 8 rings (SSSR count). The minimum Gasteiger partial charge on any atom is -0.256 e. The van der Waals surface area contributed by atoms with Crippen LogP contribution in [0.2, 0.25) is 0 Å². The number of nitrogens with zero attached hydrogens (tertiary/aromatic N) is 2. The maximum Gasteiger partial charge on any atom is 0.0899 e. The predicted octanol–water partition coefficient (Wildman–Crippen LogP) is 8.42. The zero-order valence-corrected chi connectivity index (χ0v) is 21.2. The van der Waals surface area contributed by atoms with Crippen LogP contribution in [0.1, 0.15) is 48.8 Å². The molecule has 0 amide bonds. The van der Waals surface area contributed by atoms with Crippen molar-refractivity contribution in [3.05, 3.63) is 131 Å². The van der Waals surface area contributed by atoms with Crippen molar-refractivity contribution in [2.24, 2.45) is 0 Å². The highest BCUT2D eigenvalue weighted by molar-refractivity contribution is 6.07.